The minimum atomic E-state index is -0.711. The van der Waals surface area contributed by atoms with Gasteiger partial charge in [-0.3, -0.25) is 4.79 Å². The Labute approximate surface area is 150 Å². The first-order valence-corrected chi connectivity index (χ1v) is 1.99. The summed E-state index contributed by atoms with van der Waals surface area (Å²) in [7, 11) is 0. The van der Waals surface area contributed by atoms with Crippen LogP contribution in [0.5, 0.6) is 0 Å². The molecule has 6 heteroatoms. The van der Waals surface area contributed by atoms with Gasteiger partial charge in [-0.25, -0.2) is 0 Å². The van der Waals surface area contributed by atoms with Crippen LogP contribution in [0.25, 0.3) is 0 Å². The molecule has 0 spiro atoms. The van der Waals surface area contributed by atoms with E-state index in [2.05, 4.69) is 0 Å². The molecule has 0 saturated heterocycles. The van der Waals surface area contributed by atoms with E-state index in [1.165, 1.54) is 0 Å². The van der Waals surface area contributed by atoms with Crippen LogP contribution in [0.3, 0.4) is 0 Å². The molecule has 44 valence electrons. The van der Waals surface area contributed by atoms with Crippen molar-refractivity contribution < 1.29 is 9.90 Å². The summed E-state index contributed by atoms with van der Waals surface area (Å²) < 4.78 is 0. The molecule has 0 fully saturated rings. The second kappa shape index (κ2) is 22.9. The molecule has 1 N–H and O–H groups in total. The molecule has 0 heterocycles. The molecule has 0 rings (SSSR count). The van der Waals surface area contributed by atoms with Crippen molar-refractivity contribution >= 4 is 124 Å². The zero-order valence-corrected chi connectivity index (χ0v) is 3.77. The van der Waals surface area contributed by atoms with Gasteiger partial charge in [-0.1, -0.05) is 6.92 Å². The van der Waals surface area contributed by atoms with Gasteiger partial charge in [-0.2, -0.15) is 0 Å². The Morgan fingerprint density at radius 2 is 1.50 bits per heavy atom. The molecule has 0 amide bonds. The van der Waals surface area contributed by atoms with Gasteiger partial charge in [0.05, 0.1) is 0 Å². The van der Waals surface area contributed by atoms with Crippen molar-refractivity contribution in [2.24, 2.45) is 0 Å². The Morgan fingerprint density at radius 3 is 1.50 bits per heavy atom. The van der Waals surface area contributed by atoms with Crippen molar-refractivity contribution in [2.45, 2.75) is 19.8 Å². The summed E-state index contributed by atoms with van der Waals surface area (Å²) in [6.45, 7) is 1.84. The molecule has 2 nitrogen and oxygen atoms in total. The molecule has 0 saturated carbocycles. The molecular formula is C4H12Na4O2. The first kappa shape index (κ1) is 29.2. The SMILES string of the molecule is CCCC(=O)O.[NaH].[NaH].[NaH].[NaH]. The van der Waals surface area contributed by atoms with Gasteiger partial charge >= 0.3 is 124 Å². The van der Waals surface area contributed by atoms with Gasteiger partial charge in [-0.15, -0.1) is 0 Å². The van der Waals surface area contributed by atoms with Gasteiger partial charge < -0.3 is 5.11 Å². The summed E-state index contributed by atoms with van der Waals surface area (Å²) in [5.41, 5.74) is 0. The Morgan fingerprint density at radius 1 is 1.20 bits per heavy atom. The predicted molar refractivity (Wildman–Crippen MR) is 51.1 cm³/mol. The fourth-order valence-electron chi connectivity index (χ4n) is 0.214. The number of rotatable bonds is 2. The molecule has 0 aromatic rings. The average molecular weight is 184 g/mol. The standard InChI is InChI=1S/C4H8O2.4Na.4H/c1-2-3-4(5)6;;;;;;;;/h2-3H2,1H3,(H,5,6);;;;;;;;. The average Bonchev–Trinajstić information content (AvgIpc) is 1.35. The van der Waals surface area contributed by atoms with Gasteiger partial charge in [0.1, 0.15) is 0 Å². The summed E-state index contributed by atoms with van der Waals surface area (Å²) in [4.78, 5) is 9.60. The zero-order chi connectivity index (χ0) is 4.99. The van der Waals surface area contributed by atoms with Crippen LogP contribution in [0.15, 0.2) is 0 Å². The minimum absolute atomic E-state index is 0. The van der Waals surface area contributed by atoms with Crippen molar-refractivity contribution in [3.05, 3.63) is 0 Å². The van der Waals surface area contributed by atoms with E-state index in [4.69, 9.17) is 5.11 Å². The van der Waals surface area contributed by atoms with Crippen molar-refractivity contribution in [3.63, 3.8) is 0 Å². The van der Waals surface area contributed by atoms with Gasteiger partial charge in [-0.05, 0) is 6.42 Å². The van der Waals surface area contributed by atoms with E-state index < -0.39 is 5.97 Å². The molecule has 10 heavy (non-hydrogen) atoms. The van der Waals surface area contributed by atoms with Crippen LogP contribution in [-0.2, 0) is 4.79 Å². The van der Waals surface area contributed by atoms with E-state index in [0.717, 1.165) is 6.42 Å². The quantitative estimate of drug-likeness (QED) is 0.518. The van der Waals surface area contributed by atoms with Crippen molar-refractivity contribution in [2.75, 3.05) is 0 Å². The molecule has 0 aliphatic heterocycles. The fourth-order valence-corrected chi connectivity index (χ4v) is 0.214. The van der Waals surface area contributed by atoms with Crippen molar-refractivity contribution in [1.82, 2.24) is 0 Å². The summed E-state index contributed by atoms with van der Waals surface area (Å²) in [5, 5.41) is 7.91. The predicted octanol–water partition coefficient (Wildman–Crippen LogP) is -1.72. The third kappa shape index (κ3) is 30.0. The van der Waals surface area contributed by atoms with E-state index in [9.17, 15) is 4.79 Å². The Balaban J connectivity index is -0.0000000208. The zero-order valence-electron chi connectivity index (χ0n) is 3.77. The summed E-state index contributed by atoms with van der Waals surface area (Å²) in [6.07, 6.45) is 1.02. The van der Waals surface area contributed by atoms with Crippen molar-refractivity contribution in [1.29, 1.82) is 0 Å². The number of carbonyl (C=O) groups is 1. The third-order valence-electron chi connectivity index (χ3n) is 0.464. The number of hydrogen-bond donors (Lipinski definition) is 1. The van der Waals surface area contributed by atoms with Crippen LogP contribution < -0.4 is 0 Å². The first-order valence-electron chi connectivity index (χ1n) is 1.99. The molecule has 0 unspecified atom stereocenters. The van der Waals surface area contributed by atoms with Gasteiger partial charge in [0, 0.05) is 6.42 Å². The van der Waals surface area contributed by atoms with Crippen LogP contribution in [0, 0.1) is 0 Å². The van der Waals surface area contributed by atoms with Crippen LogP contribution in [0.4, 0.5) is 0 Å². The maximum atomic E-state index is 9.60. The summed E-state index contributed by atoms with van der Waals surface area (Å²) in [6, 6.07) is 0. The Hall–Kier alpha value is 3.47. The van der Waals surface area contributed by atoms with Crippen LogP contribution in [0.2, 0.25) is 0 Å². The first-order chi connectivity index (χ1) is 2.77. The number of hydrogen-bond acceptors (Lipinski definition) is 1. The van der Waals surface area contributed by atoms with Crippen molar-refractivity contribution in [3.8, 4) is 0 Å². The fraction of sp³-hybridized carbons (Fsp3) is 0.750. The number of carboxylic acid groups (broad SMARTS) is 1. The molecule has 0 aliphatic carbocycles. The summed E-state index contributed by atoms with van der Waals surface area (Å²) >= 11 is 0. The normalized spacial score (nSPS) is 4.90. The molecule has 0 atom stereocenters. The van der Waals surface area contributed by atoms with Crippen LogP contribution in [-0.4, -0.2) is 129 Å². The van der Waals surface area contributed by atoms with E-state index in [0.29, 0.717) is 6.42 Å². The Kier molecular flexibility index (Phi) is 66.8. The van der Waals surface area contributed by atoms with Crippen LogP contribution in [0.1, 0.15) is 19.8 Å². The molecule has 0 radical (unpaired) electrons. The van der Waals surface area contributed by atoms with Crippen LogP contribution >= 0.6 is 0 Å². The monoisotopic (exact) mass is 184 g/mol. The van der Waals surface area contributed by atoms with E-state index in [1.807, 2.05) is 6.92 Å². The second-order valence-electron chi connectivity index (χ2n) is 1.14. The molecular weight excluding hydrogens is 172 g/mol. The molecule has 0 bridgehead atoms. The second-order valence-corrected chi connectivity index (χ2v) is 1.14. The molecule has 0 aromatic carbocycles. The maximum absolute atomic E-state index is 9.60. The van der Waals surface area contributed by atoms with Gasteiger partial charge in [0.15, 0.2) is 0 Å². The van der Waals surface area contributed by atoms with E-state index in [1.54, 1.807) is 0 Å². The van der Waals surface area contributed by atoms with E-state index in [-0.39, 0.29) is 118 Å². The summed E-state index contributed by atoms with van der Waals surface area (Å²) in [5.74, 6) is -0.711. The number of aliphatic carboxylic acids is 1. The van der Waals surface area contributed by atoms with E-state index >= 15 is 0 Å². The topological polar surface area (TPSA) is 37.3 Å². The molecule has 0 aromatic heterocycles. The van der Waals surface area contributed by atoms with Gasteiger partial charge in [0.2, 0.25) is 0 Å². The number of carboxylic acids is 1. The Bertz CT molecular complexity index is 59.2. The molecule has 0 aliphatic rings. The third-order valence-corrected chi connectivity index (χ3v) is 0.464. The van der Waals surface area contributed by atoms with Gasteiger partial charge in [0.25, 0.3) is 0 Å².